The highest BCUT2D eigenvalue weighted by Crippen LogP contribution is 2.38. The van der Waals surface area contributed by atoms with Gasteiger partial charge in [-0.15, -0.1) is 5.10 Å². The summed E-state index contributed by atoms with van der Waals surface area (Å²) in [6, 6.07) is 22.2. The highest BCUT2D eigenvalue weighted by Gasteiger charge is 2.33. The number of rotatable bonds is 13. The second-order valence-electron chi connectivity index (χ2n) is 13.2. The molecule has 0 fully saturated rings. The summed E-state index contributed by atoms with van der Waals surface area (Å²) < 4.78 is 15.8. The van der Waals surface area contributed by atoms with Gasteiger partial charge in [-0.1, -0.05) is 66.2 Å². The Morgan fingerprint density at radius 1 is 1.10 bits per heavy atom. The standard InChI is InChI=1S/C36H41BClFN8O/c1-5-31(23-9-7-6-8-10-23)43-33-24(19-40)20-41-34-29(33)17-27(18-30(34)38)44-36(37,25-11-13-26(39)14-12-25)32-22-47(46-45-32)16-15-28(48)21-42-35(2,3)4/h6-14,17-18,20,22,28,31,42,44,48H,5,15-16,21,37H2,1-4H3,(H,41,43)/t28?,31-,36?/m1/s1. The normalized spacial score (nSPS) is 14.2. The number of nitrogens with zero attached hydrogens (tertiary/aromatic N) is 5. The maximum absolute atomic E-state index is 14.1. The van der Waals surface area contributed by atoms with Crippen LogP contribution in [0.3, 0.4) is 0 Å². The van der Waals surface area contributed by atoms with Crippen molar-refractivity contribution in [2.45, 2.75) is 70.2 Å². The number of aliphatic hydroxyl groups is 1. The Morgan fingerprint density at radius 2 is 1.83 bits per heavy atom. The van der Waals surface area contributed by atoms with Crippen molar-refractivity contribution < 1.29 is 9.50 Å². The number of anilines is 2. The molecule has 9 nitrogen and oxygen atoms in total. The van der Waals surface area contributed by atoms with Crippen LogP contribution < -0.4 is 16.0 Å². The Kier molecular flexibility index (Phi) is 10.7. The number of nitrogens with one attached hydrogen (secondary N) is 3. The molecule has 2 heterocycles. The topological polar surface area (TPSA) is 124 Å². The minimum Gasteiger partial charge on any atom is -0.392 e. The van der Waals surface area contributed by atoms with E-state index in [4.69, 9.17) is 11.6 Å². The third-order valence-electron chi connectivity index (χ3n) is 8.40. The Balaban J connectivity index is 1.51. The first kappa shape index (κ1) is 34.8. The van der Waals surface area contributed by atoms with Crippen LogP contribution in [0.1, 0.15) is 69.0 Å². The number of aromatic nitrogens is 4. The third-order valence-corrected chi connectivity index (χ3v) is 8.69. The quantitative estimate of drug-likeness (QED) is 0.111. The summed E-state index contributed by atoms with van der Waals surface area (Å²) >= 11 is 6.86. The van der Waals surface area contributed by atoms with Crippen LogP contribution >= 0.6 is 11.6 Å². The number of fused-ring (bicyclic) bond motifs is 1. The molecule has 0 aliphatic heterocycles. The summed E-state index contributed by atoms with van der Waals surface area (Å²) in [6.07, 6.45) is 4.09. The van der Waals surface area contributed by atoms with Gasteiger partial charge in [0.1, 0.15) is 25.4 Å². The molecule has 0 aliphatic rings. The Morgan fingerprint density at radius 3 is 2.50 bits per heavy atom. The van der Waals surface area contributed by atoms with E-state index in [-0.39, 0.29) is 17.4 Å². The van der Waals surface area contributed by atoms with Crippen LogP contribution in [0.5, 0.6) is 0 Å². The molecule has 12 heteroatoms. The molecule has 2 unspecified atom stereocenters. The molecule has 0 saturated heterocycles. The summed E-state index contributed by atoms with van der Waals surface area (Å²) in [5.41, 5.74) is 3.60. The van der Waals surface area contributed by atoms with Crippen molar-refractivity contribution in [2.24, 2.45) is 0 Å². The Hall–Kier alpha value is -4.50. The van der Waals surface area contributed by atoms with Crippen molar-refractivity contribution in [2.75, 3.05) is 17.2 Å². The molecule has 0 aliphatic carbocycles. The van der Waals surface area contributed by atoms with E-state index < -0.39 is 11.5 Å². The number of nitriles is 1. The minimum atomic E-state index is -0.973. The predicted molar refractivity (Wildman–Crippen MR) is 192 cm³/mol. The lowest BCUT2D eigenvalue weighted by Crippen LogP contribution is -2.41. The molecule has 248 valence electrons. The van der Waals surface area contributed by atoms with Gasteiger partial charge >= 0.3 is 0 Å². The Bertz CT molecular complexity index is 1890. The van der Waals surface area contributed by atoms with Crippen molar-refractivity contribution >= 4 is 41.7 Å². The average Bonchev–Trinajstić information content (AvgIpc) is 3.55. The lowest BCUT2D eigenvalue weighted by Gasteiger charge is -2.31. The zero-order valence-electron chi connectivity index (χ0n) is 27.9. The van der Waals surface area contributed by atoms with Gasteiger partial charge in [-0.05, 0) is 69.0 Å². The second kappa shape index (κ2) is 14.7. The number of aliphatic hydroxyl groups excluding tert-OH is 1. The van der Waals surface area contributed by atoms with Crippen molar-refractivity contribution in [3.8, 4) is 6.07 Å². The molecule has 0 spiro atoms. The lowest BCUT2D eigenvalue weighted by atomic mass is 9.69. The molecule has 3 atom stereocenters. The summed E-state index contributed by atoms with van der Waals surface area (Å²) in [4.78, 5) is 4.53. The van der Waals surface area contributed by atoms with E-state index in [0.717, 1.165) is 17.5 Å². The minimum absolute atomic E-state index is 0.0541. The predicted octanol–water partition coefficient (Wildman–Crippen LogP) is 6.14. The first-order chi connectivity index (χ1) is 22.9. The van der Waals surface area contributed by atoms with E-state index in [9.17, 15) is 14.8 Å². The number of benzene rings is 3. The molecule has 0 radical (unpaired) electrons. The molecular weight excluding hydrogens is 626 g/mol. The number of pyridine rings is 1. The van der Waals surface area contributed by atoms with Gasteiger partial charge in [0, 0.05) is 35.9 Å². The van der Waals surface area contributed by atoms with Crippen LogP contribution in [0.15, 0.2) is 79.1 Å². The second-order valence-corrected chi connectivity index (χ2v) is 13.6. The smallest absolute Gasteiger partial charge is 0.148 e. The largest absolute Gasteiger partial charge is 0.392 e. The molecule has 0 saturated carbocycles. The van der Waals surface area contributed by atoms with Gasteiger partial charge in [-0.3, -0.25) is 9.67 Å². The molecule has 3 aromatic carbocycles. The van der Waals surface area contributed by atoms with Crippen LogP contribution in [0.4, 0.5) is 15.8 Å². The maximum atomic E-state index is 14.1. The molecule has 48 heavy (non-hydrogen) atoms. The molecule has 5 rings (SSSR count). The van der Waals surface area contributed by atoms with Gasteiger partial charge in [0.15, 0.2) is 0 Å². The van der Waals surface area contributed by atoms with E-state index in [0.29, 0.717) is 58.1 Å². The van der Waals surface area contributed by atoms with Gasteiger partial charge in [0.2, 0.25) is 0 Å². The zero-order chi connectivity index (χ0) is 34.5. The van der Waals surface area contributed by atoms with E-state index in [1.165, 1.54) is 12.1 Å². The van der Waals surface area contributed by atoms with Crippen molar-refractivity contribution in [3.63, 3.8) is 0 Å². The van der Waals surface area contributed by atoms with Crippen molar-refractivity contribution in [3.05, 3.63) is 112 Å². The number of aryl methyl sites for hydroxylation is 1. The third kappa shape index (κ3) is 8.13. The number of hydrogen-bond acceptors (Lipinski definition) is 8. The first-order valence-electron chi connectivity index (χ1n) is 16.1. The molecular formula is C36H41BClFN8O. The Labute approximate surface area is 287 Å². The maximum Gasteiger partial charge on any atom is 0.148 e. The summed E-state index contributed by atoms with van der Waals surface area (Å²) in [5, 5.41) is 41.1. The average molecular weight is 667 g/mol. The van der Waals surface area contributed by atoms with Crippen LogP contribution in [0, 0.1) is 17.1 Å². The number of hydrogen-bond donors (Lipinski definition) is 4. The van der Waals surface area contributed by atoms with Gasteiger partial charge < -0.3 is 21.1 Å². The fourth-order valence-electron chi connectivity index (χ4n) is 5.65. The van der Waals surface area contributed by atoms with Crippen LogP contribution in [-0.4, -0.2) is 51.1 Å². The van der Waals surface area contributed by atoms with E-state index in [1.807, 2.05) is 38.3 Å². The molecule has 4 N–H and O–H groups in total. The molecule has 0 bridgehead atoms. The van der Waals surface area contributed by atoms with Crippen LogP contribution in [-0.2, 0) is 12.0 Å². The highest BCUT2D eigenvalue weighted by atomic mass is 35.5. The number of β-amino-alcohol motifs (C(OH)–C–C–N with tert-alkyl or cyclic N) is 1. The van der Waals surface area contributed by atoms with Crippen molar-refractivity contribution in [1.82, 2.24) is 25.3 Å². The van der Waals surface area contributed by atoms with Gasteiger partial charge in [0.05, 0.1) is 45.6 Å². The van der Waals surface area contributed by atoms with Gasteiger partial charge in [0.25, 0.3) is 0 Å². The molecule has 5 aromatic rings. The summed E-state index contributed by atoms with van der Waals surface area (Å²) in [7, 11) is 1.94. The van der Waals surface area contributed by atoms with Gasteiger partial charge in [-0.2, -0.15) is 5.26 Å². The van der Waals surface area contributed by atoms with Crippen LogP contribution in [0.25, 0.3) is 10.9 Å². The monoisotopic (exact) mass is 666 g/mol. The zero-order valence-corrected chi connectivity index (χ0v) is 28.7. The summed E-state index contributed by atoms with van der Waals surface area (Å²) in [5.74, 6) is -0.355. The van der Waals surface area contributed by atoms with E-state index in [2.05, 4.69) is 77.1 Å². The highest BCUT2D eigenvalue weighted by molar-refractivity contribution is 6.36. The first-order valence-corrected chi connectivity index (χ1v) is 16.5. The fraction of sp³-hybridized carbons (Fsp3) is 0.333. The molecule has 0 amide bonds. The summed E-state index contributed by atoms with van der Waals surface area (Å²) in [6.45, 7) is 9.17. The fourth-order valence-corrected chi connectivity index (χ4v) is 5.92. The van der Waals surface area contributed by atoms with Crippen molar-refractivity contribution in [1.29, 1.82) is 5.26 Å². The van der Waals surface area contributed by atoms with E-state index >= 15 is 0 Å². The van der Waals surface area contributed by atoms with E-state index in [1.54, 1.807) is 29.1 Å². The lowest BCUT2D eigenvalue weighted by molar-refractivity contribution is 0.144. The van der Waals surface area contributed by atoms with Crippen LogP contribution in [0.2, 0.25) is 5.02 Å². The number of halogens is 2. The SMILES string of the molecule is BC(Nc1cc(Cl)c2ncc(C#N)c(N[C@H](CC)c3ccccc3)c2c1)(c1ccc(F)cc1)c1cn(CCC(O)CNC(C)(C)C)nn1. The van der Waals surface area contributed by atoms with Gasteiger partial charge in [-0.25, -0.2) is 4.39 Å². The molecule has 2 aromatic heterocycles.